The number of nitrogens with one attached hydrogen (secondary N) is 2. The van der Waals surface area contributed by atoms with Gasteiger partial charge in [-0.3, -0.25) is 4.79 Å². The highest BCUT2D eigenvalue weighted by molar-refractivity contribution is 5.90. The Kier molecular flexibility index (Phi) is 7.49. The Morgan fingerprint density at radius 2 is 1.85 bits per heavy atom. The summed E-state index contributed by atoms with van der Waals surface area (Å²) in [6.45, 7) is 2.82. The highest BCUT2D eigenvalue weighted by atomic mass is 16.5. The van der Waals surface area contributed by atoms with Crippen molar-refractivity contribution in [2.24, 2.45) is 0 Å². The number of ether oxygens (including phenoxy) is 2. The lowest BCUT2D eigenvalue weighted by Gasteiger charge is -2.09. The molecule has 2 N–H and O–H groups in total. The molecule has 6 heteroatoms. The third-order valence-electron chi connectivity index (χ3n) is 3.72. The van der Waals surface area contributed by atoms with Crippen molar-refractivity contribution in [3.63, 3.8) is 0 Å². The van der Waals surface area contributed by atoms with Gasteiger partial charge in [0.2, 0.25) is 5.91 Å². The predicted molar refractivity (Wildman–Crippen MR) is 101 cm³/mol. The van der Waals surface area contributed by atoms with Crippen molar-refractivity contribution in [1.29, 1.82) is 0 Å². The number of carbonyl (C=O) groups excluding carboxylic acids is 2. The number of hydrogen-bond acceptors (Lipinski definition) is 5. The topological polar surface area (TPSA) is 76.7 Å². The number of amides is 1. The molecule has 0 saturated carbocycles. The minimum Gasteiger partial charge on any atom is -0.497 e. The van der Waals surface area contributed by atoms with E-state index in [0.29, 0.717) is 18.7 Å². The molecule has 0 saturated heterocycles. The highest BCUT2D eigenvalue weighted by Crippen LogP contribution is 2.12. The third kappa shape index (κ3) is 6.12. The van der Waals surface area contributed by atoms with Gasteiger partial charge in [-0.1, -0.05) is 12.1 Å². The monoisotopic (exact) mass is 356 g/mol. The van der Waals surface area contributed by atoms with Crippen LogP contribution < -0.4 is 15.4 Å². The minimum atomic E-state index is -0.352. The van der Waals surface area contributed by atoms with Gasteiger partial charge in [0.25, 0.3) is 0 Å². The standard InChI is InChI=1S/C20H24N2O4/c1-3-26-20(24)16-7-9-17(10-8-16)22-14-19(23)21-12-11-15-5-4-6-18(13-15)25-2/h4-10,13,22H,3,11-12,14H2,1-2H3,(H,21,23). The SMILES string of the molecule is CCOC(=O)c1ccc(NCC(=O)NCCc2cccc(OC)c2)cc1. The Balaban J connectivity index is 1.72. The van der Waals surface area contributed by atoms with Crippen LogP contribution in [0.1, 0.15) is 22.8 Å². The molecule has 0 radical (unpaired) electrons. The molecule has 26 heavy (non-hydrogen) atoms. The first-order valence-electron chi connectivity index (χ1n) is 8.53. The summed E-state index contributed by atoms with van der Waals surface area (Å²) in [7, 11) is 1.63. The van der Waals surface area contributed by atoms with Crippen molar-refractivity contribution < 1.29 is 19.1 Å². The highest BCUT2D eigenvalue weighted by Gasteiger charge is 2.06. The number of anilines is 1. The van der Waals surface area contributed by atoms with E-state index >= 15 is 0 Å². The molecule has 0 fully saturated rings. The van der Waals surface area contributed by atoms with Gasteiger partial charge in [0.1, 0.15) is 5.75 Å². The average molecular weight is 356 g/mol. The number of hydrogen-bond donors (Lipinski definition) is 2. The van der Waals surface area contributed by atoms with Crippen molar-refractivity contribution in [3.8, 4) is 5.75 Å². The van der Waals surface area contributed by atoms with Crippen LogP contribution >= 0.6 is 0 Å². The Labute approximate surface area is 153 Å². The van der Waals surface area contributed by atoms with Gasteiger partial charge >= 0.3 is 5.97 Å². The van der Waals surface area contributed by atoms with Crippen LogP contribution in [-0.2, 0) is 16.0 Å². The van der Waals surface area contributed by atoms with E-state index in [0.717, 1.165) is 23.4 Å². The van der Waals surface area contributed by atoms with Gasteiger partial charge in [-0.25, -0.2) is 4.79 Å². The molecule has 6 nitrogen and oxygen atoms in total. The molecular weight excluding hydrogens is 332 g/mol. The van der Waals surface area contributed by atoms with Gasteiger partial charge in [-0.05, 0) is 55.3 Å². The van der Waals surface area contributed by atoms with Crippen molar-refractivity contribution in [2.45, 2.75) is 13.3 Å². The number of carbonyl (C=O) groups is 2. The smallest absolute Gasteiger partial charge is 0.338 e. The summed E-state index contributed by atoms with van der Waals surface area (Å²) in [6.07, 6.45) is 0.733. The molecule has 0 aliphatic carbocycles. The van der Waals surface area contributed by atoms with Gasteiger partial charge in [0.05, 0.1) is 25.8 Å². The molecule has 0 aliphatic heterocycles. The molecule has 0 aromatic heterocycles. The Morgan fingerprint density at radius 3 is 2.54 bits per heavy atom. The molecule has 138 valence electrons. The van der Waals surface area contributed by atoms with E-state index in [9.17, 15) is 9.59 Å². The van der Waals surface area contributed by atoms with E-state index in [1.807, 2.05) is 24.3 Å². The number of methoxy groups -OCH3 is 1. The maximum atomic E-state index is 11.9. The average Bonchev–Trinajstić information content (AvgIpc) is 2.67. The van der Waals surface area contributed by atoms with Gasteiger partial charge in [0.15, 0.2) is 0 Å². The second-order valence-electron chi connectivity index (χ2n) is 5.60. The van der Waals surface area contributed by atoms with Crippen LogP contribution in [0.4, 0.5) is 5.69 Å². The summed E-state index contributed by atoms with van der Waals surface area (Å²) in [6, 6.07) is 14.6. The second kappa shape index (κ2) is 10.1. The lowest BCUT2D eigenvalue weighted by molar-refractivity contribution is -0.119. The molecule has 2 aromatic rings. The molecule has 0 unspecified atom stereocenters. The lowest BCUT2D eigenvalue weighted by atomic mass is 10.1. The second-order valence-corrected chi connectivity index (χ2v) is 5.60. The summed E-state index contributed by atoms with van der Waals surface area (Å²) >= 11 is 0. The van der Waals surface area contributed by atoms with E-state index in [4.69, 9.17) is 9.47 Å². The van der Waals surface area contributed by atoms with Crippen molar-refractivity contribution in [3.05, 3.63) is 59.7 Å². The molecule has 0 atom stereocenters. The molecule has 0 spiro atoms. The lowest BCUT2D eigenvalue weighted by Crippen LogP contribution is -2.31. The molecule has 0 aliphatic rings. The fourth-order valence-corrected chi connectivity index (χ4v) is 2.36. The van der Waals surface area contributed by atoms with E-state index < -0.39 is 0 Å². The minimum absolute atomic E-state index is 0.0950. The van der Waals surface area contributed by atoms with E-state index in [1.54, 1.807) is 38.3 Å². The molecule has 2 rings (SSSR count). The summed E-state index contributed by atoms with van der Waals surface area (Å²) in [4.78, 5) is 23.5. The van der Waals surface area contributed by atoms with Crippen LogP contribution in [0.2, 0.25) is 0 Å². The maximum Gasteiger partial charge on any atom is 0.338 e. The van der Waals surface area contributed by atoms with Crippen molar-refractivity contribution >= 4 is 17.6 Å². The Morgan fingerprint density at radius 1 is 1.08 bits per heavy atom. The third-order valence-corrected chi connectivity index (χ3v) is 3.72. The first-order valence-corrected chi connectivity index (χ1v) is 8.53. The van der Waals surface area contributed by atoms with Crippen LogP contribution in [0.3, 0.4) is 0 Å². The number of esters is 1. The van der Waals surface area contributed by atoms with Crippen LogP contribution in [0, 0.1) is 0 Å². The van der Waals surface area contributed by atoms with Gasteiger partial charge in [0, 0.05) is 12.2 Å². The van der Waals surface area contributed by atoms with Crippen LogP contribution in [0.5, 0.6) is 5.75 Å². The van der Waals surface area contributed by atoms with Gasteiger partial charge < -0.3 is 20.1 Å². The van der Waals surface area contributed by atoms with Crippen LogP contribution in [0.25, 0.3) is 0 Å². The molecule has 2 aromatic carbocycles. The largest absolute Gasteiger partial charge is 0.497 e. The molecule has 1 amide bonds. The van der Waals surface area contributed by atoms with E-state index in [1.165, 1.54) is 0 Å². The Bertz CT molecular complexity index is 729. The van der Waals surface area contributed by atoms with Crippen LogP contribution in [-0.4, -0.2) is 38.7 Å². The summed E-state index contributed by atoms with van der Waals surface area (Å²) in [5, 5.41) is 5.89. The number of rotatable bonds is 9. The Hall–Kier alpha value is -3.02. The summed E-state index contributed by atoms with van der Waals surface area (Å²) in [5.41, 5.74) is 2.35. The zero-order chi connectivity index (χ0) is 18.8. The normalized spacial score (nSPS) is 10.1. The molecule has 0 heterocycles. The quantitative estimate of drug-likeness (QED) is 0.676. The van der Waals surface area contributed by atoms with Gasteiger partial charge in [-0.2, -0.15) is 0 Å². The fraction of sp³-hybridized carbons (Fsp3) is 0.300. The maximum absolute atomic E-state index is 11.9. The summed E-state index contributed by atoms with van der Waals surface area (Å²) < 4.78 is 10.1. The van der Waals surface area contributed by atoms with Crippen molar-refractivity contribution in [1.82, 2.24) is 5.32 Å². The fourth-order valence-electron chi connectivity index (χ4n) is 2.36. The van der Waals surface area contributed by atoms with Crippen molar-refractivity contribution in [2.75, 3.05) is 32.1 Å². The van der Waals surface area contributed by atoms with E-state index in [-0.39, 0.29) is 18.4 Å². The zero-order valence-electron chi connectivity index (χ0n) is 15.1. The first-order chi connectivity index (χ1) is 12.6. The first kappa shape index (κ1) is 19.3. The molecular formula is C20H24N2O4. The summed E-state index contributed by atoms with van der Waals surface area (Å²) in [5.74, 6) is 0.360. The number of benzene rings is 2. The zero-order valence-corrected chi connectivity index (χ0v) is 15.1. The van der Waals surface area contributed by atoms with E-state index in [2.05, 4.69) is 10.6 Å². The van der Waals surface area contributed by atoms with Gasteiger partial charge in [-0.15, -0.1) is 0 Å². The van der Waals surface area contributed by atoms with Crippen LogP contribution in [0.15, 0.2) is 48.5 Å². The molecule has 0 bridgehead atoms. The predicted octanol–water partition coefficient (Wildman–Crippen LogP) is 2.64.